The Morgan fingerprint density at radius 2 is 0.940 bits per heavy atom. The number of aliphatic carboxylic acids is 1. The number of anilines is 2. The van der Waals surface area contributed by atoms with Crippen molar-refractivity contribution in [2.24, 2.45) is 5.84 Å². The van der Waals surface area contributed by atoms with Crippen LogP contribution < -0.4 is 22.1 Å². The van der Waals surface area contributed by atoms with Crippen molar-refractivity contribution >= 4 is 35.9 Å². The predicted molar refractivity (Wildman–Crippen MR) is 212 cm³/mol. The fraction of sp³-hybridized carbons (Fsp3) is 0.211. The predicted octanol–water partition coefficient (Wildman–Crippen LogP) is 7.92. The number of hydrogen-bond donors (Lipinski definition) is 5. The summed E-state index contributed by atoms with van der Waals surface area (Å²) in [6, 6.07) is 5.37. The number of halogens is 12. The van der Waals surface area contributed by atoms with Crippen LogP contribution in [0.2, 0.25) is 0 Å². The molecule has 0 saturated heterocycles. The van der Waals surface area contributed by atoms with Crippen molar-refractivity contribution in [3.63, 3.8) is 0 Å². The second kappa shape index (κ2) is 20.9. The van der Waals surface area contributed by atoms with Crippen molar-refractivity contribution in [1.29, 1.82) is 0 Å². The van der Waals surface area contributed by atoms with Gasteiger partial charge in [-0.1, -0.05) is 0 Å². The van der Waals surface area contributed by atoms with E-state index in [0.29, 0.717) is 53.5 Å². The van der Waals surface area contributed by atoms with Gasteiger partial charge in [-0.3, -0.25) is 15.6 Å². The maximum absolute atomic E-state index is 13.0. The van der Waals surface area contributed by atoms with Crippen LogP contribution in [-0.2, 0) is 34.3 Å². The first-order chi connectivity index (χ1) is 31.0. The lowest BCUT2D eigenvalue weighted by Gasteiger charge is -2.13. The number of aromatic nitrogens is 10. The number of carboxylic acid groups (broad SMARTS) is 1. The smallest absolute Gasteiger partial charge is 0.416 e. The molecule has 1 amide bonds. The van der Waals surface area contributed by atoms with Gasteiger partial charge in [-0.15, -0.1) is 10.2 Å². The number of nitrogens with two attached hydrogens (primary N) is 1. The minimum Gasteiger partial charge on any atom is -0.478 e. The molecule has 356 valence electrons. The standard InChI is InChI=1S/C19H15F6N7O.C13H7F6N3O2.C6H10N4/c1-10-5-15(28-11(2)27-10)29-30-16(33)3-4-32-9-26-17(31-32)12-6-13(18(20,21)22)8-14(7-12)19(23,24)25;14-12(15,16)8-3-7(4-9(5-8)13(17,18)19)11-20-6-22(21-11)2-1-10(23)24;1-4-3-6(10-7)9-5(2)8-4/h3-9H,1-2H3,(H,30,33)(H,27,28,29);1-6H,(H,23,24);3H,7H2,1-2H3,(H,8,9,10)/b4-3-;2-1-;. The summed E-state index contributed by atoms with van der Waals surface area (Å²) >= 11 is 0. The van der Waals surface area contributed by atoms with Crippen LogP contribution in [-0.4, -0.2) is 66.4 Å². The fourth-order valence-electron chi connectivity index (χ4n) is 5.15. The van der Waals surface area contributed by atoms with Crippen molar-refractivity contribution in [2.75, 3.05) is 10.9 Å². The lowest BCUT2D eigenvalue weighted by molar-refractivity contribution is -0.144. The minimum absolute atomic E-state index is 0.00910. The zero-order valence-corrected chi connectivity index (χ0v) is 34.4. The molecule has 0 bridgehead atoms. The Balaban J connectivity index is 0.000000250. The van der Waals surface area contributed by atoms with Crippen LogP contribution in [0, 0.1) is 27.7 Å². The molecule has 6 N–H and O–H groups in total. The first kappa shape index (κ1) is 51.7. The second-order valence-corrected chi connectivity index (χ2v) is 13.3. The van der Waals surface area contributed by atoms with Gasteiger partial charge in [-0.25, -0.2) is 49.9 Å². The van der Waals surface area contributed by atoms with E-state index in [2.05, 4.69) is 56.4 Å². The molecule has 6 aromatic rings. The Labute approximate surface area is 368 Å². The molecule has 67 heavy (non-hydrogen) atoms. The Bertz CT molecular complexity index is 2660. The number of hydrazine groups is 2. The van der Waals surface area contributed by atoms with E-state index in [0.717, 1.165) is 52.0 Å². The lowest BCUT2D eigenvalue weighted by atomic mass is 10.0. The average Bonchev–Trinajstić information content (AvgIpc) is 3.90. The quantitative estimate of drug-likeness (QED) is 0.0401. The molecule has 0 aliphatic carbocycles. The van der Waals surface area contributed by atoms with Crippen molar-refractivity contribution in [2.45, 2.75) is 52.4 Å². The molecular formula is C38H32F12N14O3. The second-order valence-electron chi connectivity index (χ2n) is 13.3. The Kier molecular flexibility index (Phi) is 16.1. The maximum atomic E-state index is 13.0. The van der Waals surface area contributed by atoms with Gasteiger partial charge in [-0.05, 0) is 64.1 Å². The highest BCUT2D eigenvalue weighted by Gasteiger charge is 2.38. The number of benzene rings is 2. The van der Waals surface area contributed by atoms with Crippen LogP contribution in [0.5, 0.6) is 0 Å². The van der Waals surface area contributed by atoms with Crippen LogP contribution in [0.1, 0.15) is 45.3 Å². The van der Waals surface area contributed by atoms with Gasteiger partial charge < -0.3 is 10.5 Å². The van der Waals surface area contributed by atoms with Gasteiger partial charge in [0.25, 0.3) is 5.91 Å². The molecule has 0 unspecified atom stereocenters. The number of amides is 1. The van der Waals surface area contributed by atoms with Gasteiger partial charge in [0.05, 0.1) is 22.3 Å². The Morgan fingerprint density at radius 3 is 1.30 bits per heavy atom. The summed E-state index contributed by atoms with van der Waals surface area (Å²) in [5.41, 5.74) is 2.01. The van der Waals surface area contributed by atoms with Crippen molar-refractivity contribution in [3.8, 4) is 22.8 Å². The summed E-state index contributed by atoms with van der Waals surface area (Å²) in [5, 5.41) is 15.9. The summed E-state index contributed by atoms with van der Waals surface area (Å²) in [6.07, 6.45) is -14.3. The maximum Gasteiger partial charge on any atom is 0.416 e. The fourth-order valence-corrected chi connectivity index (χ4v) is 5.15. The number of carbonyl (C=O) groups excluding carboxylic acids is 1. The third-order valence-electron chi connectivity index (χ3n) is 7.85. The minimum atomic E-state index is -5.00. The van der Waals surface area contributed by atoms with E-state index in [1.165, 1.54) is 0 Å². The molecule has 4 aromatic heterocycles. The van der Waals surface area contributed by atoms with E-state index in [9.17, 15) is 62.3 Å². The molecular weight excluding hydrogens is 928 g/mol. The van der Waals surface area contributed by atoms with E-state index in [-0.39, 0.29) is 18.0 Å². The van der Waals surface area contributed by atoms with E-state index in [4.69, 9.17) is 10.9 Å². The van der Waals surface area contributed by atoms with Crippen LogP contribution in [0.25, 0.3) is 35.2 Å². The molecule has 0 atom stereocenters. The Hall–Kier alpha value is -7.98. The monoisotopic (exact) mass is 960 g/mol. The molecule has 29 heteroatoms. The zero-order valence-electron chi connectivity index (χ0n) is 34.4. The SMILES string of the molecule is Cc1cc(NN)nc(C)n1.Cc1cc(NNC(=O)/C=C\n2cnc(-c3cc(C(F)(F)F)cc(C(F)(F)F)c3)n2)nc(C)n1.O=C(O)/C=C\n1cnc(-c2cc(C(F)(F)F)cc(C(F)(F)F)c2)n1. The number of hydrogen-bond acceptors (Lipinski definition) is 13. The number of carboxylic acids is 1. The van der Waals surface area contributed by atoms with E-state index >= 15 is 0 Å². The van der Waals surface area contributed by atoms with E-state index in [1.54, 1.807) is 26.0 Å². The number of rotatable bonds is 9. The molecule has 0 fully saturated rings. The van der Waals surface area contributed by atoms with Crippen molar-refractivity contribution in [1.82, 2.24) is 54.9 Å². The highest BCUT2D eigenvalue weighted by molar-refractivity contribution is 5.90. The topological polar surface area (TPSA) is 229 Å². The van der Waals surface area contributed by atoms with Gasteiger partial charge in [0, 0.05) is 59.2 Å². The summed E-state index contributed by atoms with van der Waals surface area (Å²) in [6.45, 7) is 7.14. The molecule has 17 nitrogen and oxygen atoms in total. The molecule has 0 aliphatic rings. The highest BCUT2D eigenvalue weighted by atomic mass is 19.4. The lowest BCUT2D eigenvalue weighted by Crippen LogP contribution is -2.28. The molecule has 0 radical (unpaired) electrons. The van der Waals surface area contributed by atoms with Gasteiger partial charge in [0.1, 0.15) is 35.9 Å². The molecule has 2 aromatic carbocycles. The summed E-state index contributed by atoms with van der Waals surface area (Å²) in [5.74, 6) is 4.61. The number of aryl methyl sites for hydroxylation is 4. The average molecular weight is 961 g/mol. The Morgan fingerprint density at radius 1 is 0.567 bits per heavy atom. The summed E-state index contributed by atoms with van der Waals surface area (Å²) in [7, 11) is 0. The largest absolute Gasteiger partial charge is 0.478 e. The first-order valence-corrected chi connectivity index (χ1v) is 18.2. The number of nitrogens with zero attached hydrogens (tertiary/aromatic N) is 10. The van der Waals surface area contributed by atoms with Crippen LogP contribution in [0.4, 0.5) is 64.3 Å². The molecule has 4 heterocycles. The number of alkyl halides is 12. The van der Waals surface area contributed by atoms with Crippen LogP contribution >= 0.6 is 0 Å². The molecule has 0 saturated carbocycles. The van der Waals surface area contributed by atoms with Gasteiger partial charge in [0.2, 0.25) is 0 Å². The normalized spacial score (nSPS) is 12.0. The number of nitrogens with one attached hydrogen (secondary N) is 3. The van der Waals surface area contributed by atoms with Crippen molar-refractivity contribution < 1.29 is 67.4 Å². The first-order valence-electron chi connectivity index (χ1n) is 18.2. The van der Waals surface area contributed by atoms with E-state index < -0.39 is 75.8 Å². The van der Waals surface area contributed by atoms with Crippen LogP contribution in [0.3, 0.4) is 0 Å². The molecule has 0 spiro atoms. The third-order valence-corrected chi connectivity index (χ3v) is 7.85. The summed E-state index contributed by atoms with van der Waals surface area (Å²) < 4.78 is 157. The number of carbonyl (C=O) groups is 2. The van der Waals surface area contributed by atoms with Crippen LogP contribution in [0.15, 0.2) is 73.3 Å². The van der Waals surface area contributed by atoms with Gasteiger partial charge >= 0.3 is 30.7 Å². The third kappa shape index (κ3) is 15.9. The number of nitrogen functional groups attached to an aromatic ring is 1. The zero-order chi connectivity index (χ0) is 50.1. The highest BCUT2D eigenvalue weighted by Crippen LogP contribution is 2.39. The summed E-state index contributed by atoms with van der Waals surface area (Å²) in [4.78, 5) is 45.8. The van der Waals surface area contributed by atoms with Gasteiger partial charge in [0.15, 0.2) is 11.6 Å². The van der Waals surface area contributed by atoms with Gasteiger partial charge in [-0.2, -0.15) is 52.7 Å². The molecule has 0 aliphatic heterocycles. The van der Waals surface area contributed by atoms with E-state index in [1.807, 2.05) is 13.8 Å². The van der Waals surface area contributed by atoms with Crippen molar-refractivity contribution in [3.05, 3.63) is 119 Å². The molecule has 6 rings (SSSR count).